The lowest BCUT2D eigenvalue weighted by molar-refractivity contribution is 0.0949. The molecule has 26 heavy (non-hydrogen) atoms. The van der Waals surface area contributed by atoms with Crippen LogP contribution in [0.5, 0.6) is 5.75 Å². The Morgan fingerprint density at radius 1 is 0.962 bits per heavy atom. The second-order valence-electron chi connectivity index (χ2n) is 6.53. The van der Waals surface area contributed by atoms with Crippen LogP contribution in [0.4, 0.5) is 0 Å². The van der Waals surface area contributed by atoms with Crippen molar-refractivity contribution in [2.45, 2.75) is 25.7 Å². The number of carbonyl (C=O) groups excluding carboxylic acids is 1. The average Bonchev–Trinajstić information content (AvgIpc) is 3.49. The van der Waals surface area contributed by atoms with Crippen LogP contribution in [0.25, 0.3) is 0 Å². The van der Waals surface area contributed by atoms with E-state index in [-0.39, 0.29) is 11.9 Å². The van der Waals surface area contributed by atoms with Gasteiger partial charge in [0.15, 0.2) is 11.9 Å². The van der Waals surface area contributed by atoms with Gasteiger partial charge in [-0.2, -0.15) is 0 Å². The molecule has 3 aromatic rings. The number of hydrogen-bond acceptors (Lipinski definition) is 3. The van der Waals surface area contributed by atoms with Gasteiger partial charge in [0.2, 0.25) is 0 Å². The Morgan fingerprint density at radius 3 is 2.38 bits per heavy atom. The molecule has 4 rings (SSSR count). The smallest absolute Gasteiger partial charge is 0.198 e. The number of hydrogen-bond donors (Lipinski definition) is 0. The summed E-state index contributed by atoms with van der Waals surface area (Å²) in [6.45, 7) is 2.40. The monoisotopic (exact) mass is 344 g/mol. The van der Waals surface area contributed by atoms with Gasteiger partial charge in [-0.05, 0) is 30.2 Å². The van der Waals surface area contributed by atoms with Gasteiger partial charge in [0.1, 0.15) is 18.5 Å². The van der Waals surface area contributed by atoms with Gasteiger partial charge in [0.25, 0.3) is 0 Å². The van der Waals surface area contributed by atoms with Crippen molar-refractivity contribution in [1.82, 2.24) is 0 Å². The largest absolute Gasteiger partial charge is 0.488 e. The molecule has 3 heteroatoms. The van der Waals surface area contributed by atoms with E-state index in [9.17, 15) is 4.79 Å². The maximum atomic E-state index is 13.0. The third kappa shape index (κ3) is 3.53. The third-order valence-electron chi connectivity index (χ3n) is 4.52. The summed E-state index contributed by atoms with van der Waals surface area (Å²) in [5, 5.41) is 0. The topological polar surface area (TPSA) is 38.8 Å². The summed E-state index contributed by atoms with van der Waals surface area (Å²) >= 11 is 0. The van der Waals surface area contributed by atoms with Crippen molar-refractivity contribution in [3.8, 4) is 5.75 Å². The Balaban J connectivity index is 1.52. The minimum absolute atomic E-state index is 0.0226. The lowest BCUT2D eigenvalue weighted by atomic mass is 10.0. The van der Waals surface area contributed by atoms with Crippen molar-refractivity contribution in [3.63, 3.8) is 0 Å². The van der Waals surface area contributed by atoms with Crippen LogP contribution in [-0.2, 0) is 11.3 Å². The first kappa shape index (κ1) is 16.6. The summed E-state index contributed by atoms with van der Waals surface area (Å²) in [5.41, 5.74) is 3.71. The molecule has 2 atom stereocenters. The third-order valence-corrected chi connectivity index (χ3v) is 4.52. The van der Waals surface area contributed by atoms with E-state index < -0.39 is 6.10 Å². The number of ketones is 1. The van der Waals surface area contributed by atoms with E-state index in [1.807, 2.05) is 85.8 Å². The highest BCUT2D eigenvalue weighted by Crippen LogP contribution is 2.41. The van der Waals surface area contributed by atoms with Gasteiger partial charge >= 0.3 is 0 Å². The summed E-state index contributed by atoms with van der Waals surface area (Å²) in [7, 11) is 0. The van der Waals surface area contributed by atoms with Crippen LogP contribution in [0.1, 0.15) is 33.2 Å². The van der Waals surface area contributed by atoms with E-state index >= 15 is 0 Å². The quantitative estimate of drug-likeness (QED) is 0.472. The van der Waals surface area contributed by atoms with Gasteiger partial charge in [0, 0.05) is 0 Å². The van der Waals surface area contributed by atoms with Crippen molar-refractivity contribution >= 4 is 5.78 Å². The van der Waals surface area contributed by atoms with Crippen molar-refractivity contribution in [2.24, 2.45) is 0 Å². The number of benzene rings is 3. The fourth-order valence-corrected chi connectivity index (χ4v) is 3.06. The lowest BCUT2D eigenvalue weighted by Gasteiger charge is -2.11. The zero-order valence-electron chi connectivity index (χ0n) is 14.6. The highest BCUT2D eigenvalue weighted by atomic mass is 16.6. The van der Waals surface area contributed by atoms with Crippen LogP contribution in [0, 0.1) is 6.92 Å². The number of carbonyl (C=O) groups is 1. The molecule has 1 saturated heterocycles. The molecule has 0 saturated carbocycles. The summed E-state index contributed by atoms with van der Waals surface area (Å²) < 4.78 is 11.6. The van der Waals surface area contributed by atoms with Gasteiger partial charge < -0.3 is 9.47 Å². The molecule has 0 spiro atoms. The molecule has 1 aliphatic heterocycles. The molecule has 0 N–H and O–H groups in total. The Bertz CT molecular complexity index is 903. The number of aryl methyl sites for hydroxylation is 1. The molecule has 0 radical (unpaired) electrons. The SMILES string of the molecule is Cc1ccc(OCc2ccccc2)c(C(=O)[C@H]2O[C@@H]2c2ccccc2)c1. The minimum Gasteiger partial charge on any atom is -0.488 e. The van der Waals surface area contributed by atoms with Gasteiger partial charge in [-0.1, -0.05) is 72.3 Å². The molecule has 0 aromatic heterocycles. The molecule has 0 bridgehead atoms. The molecule has 0 aliphatic carbocycles. The number of rotatable bonds is 6. The Kier molecular flexibility index (Phi) is 4.55. The molecule has 0 unspecified atom stereocenters. The minimum atomic E-state index is -0.432. The van der Waals surface area contributed by atoms with E-state index in [0.717, 1.165) is 16.7 Å². The Labute approximate surface area is 153 Å². The van der Waals surface area contributed by atoms with Crippen LogP contribution in [0.15, 0.2) is 78.9 Å². The molecule has 1 aliphatic rings. The molecular weight excluding hydrogens is 324 g/mol. The van der Waals surface area contributed by atoms with Crippen LogP contribution >= 0.6 is 0 Å². The Hall–Kier alpha value is -2.91. The fraction of sp³-hybridized carbons (Fsp3) is 0.174. The second kappa shape index (κ2) is 7.14. The summed E-state index contributed by atoms with van der Waals surface area (Å²) in [6.07, 6.45) is -0.593. The first-order valence-corrected chi connectivity index (χ1v) is 8.74. The molecule has 3 aromatic carbocycles. The standard InChI is InChI=1S/C23H20O3/c1-16-12-13-20(25-15-17-8-4-2-5-9-17)19(14-16)21(24)23-22(26-23)18-10-6-3-7-11-18/h2-14,22-23H,15H2,1H3/t22-,23-/m1/s1. The van der Waals surface area contributed by atoms with E-state index in [1.54, 1.807) is 0 Å². The first-order chi connectivity index (χ1) is 12.7. The number of Topliss-reactive ketones (excluding diaryl/α,β-unsaturated/α-hetero) is 1. The molecule has 0 amide bonds. The predicted octanol–water partition coefficient (Wildman–Crippen LogP) is 4.90. The van der Waals surface area contributed by atoms with Crippen molar-refractivity contribution < 1.29 is 14.3 Å². The predicted molar refractivity (Wildman–Crippen MR) is 100 cm³/mol. The van der Waals surface area contributed by atoms with Gasteiger partial charge in [-0.15, -0.1) is 0 Å². The summed E-state index contributed by atoms with van der Waals surface area (Å²) in [6, 6.07) is 25.5. The first-order valence-electron chi connectivity index (χ1n) is 8.74. The normalized spacial score (nSPS) is 18.3. The number of epoxide rings is 1. The maximum absolute atomic E-state index is 13.0. The van der Waals surface area contributed by atoms with Gasteiger partial charge in [-0.3, -0.25) is 4.79 Å². The molecule has 130 valence electrons. The van der Waals surface area contributed by atoms with E-state index in [0.29, 0.717) is 17.9 Å². The lowest BCUT2D eigenvalue weighted by Crippen LogP contribution is -2.11. The summed E-state index contributed by atoms with van der Waals surface area (Å²) in [5.74, 6) is 0.581. The second-order valence-corrected chi connectivity index (χ2v) is 6.53. The van der Waals surface area contributed by atoms with E-state index in [2.05, 4.69) is 0 Å². The molecule has 3 nitrogen and oxygen atoms in total. The van der Waals surface area contributed by atoms with E-state index in [4.69, 9.17) is 9.47 Å². The van der Waals surface area contributed by atoms with Crippen LogP contribution < -0.4 is 4.74 Å². The zero-order valence-corrected chi connectivity index (χ0v) is 14.6. The van der Waals surface area contributed by atoms with Gasteiger partial charge in [0.05, 0.1) is 5.56 Å². The number of ether oxygens (including phenoxy) is 2. The molecule has 1 fully saturated rings. The Morgan fingerprint density at radius 2 is 1.65 bits per heavy atom. The zero-order chi connectivity index (χ0) is 17.9. The van der Waals surface area contributed by atoms with E-state index in [1.165, 1.54) is 0 Å². The molecular formula is C23H20O3. The maximum Gasteiger partial charge on any atom is 0.198 e. The molecule has 1 heterocycles. The highest BCUT2D eigenvalue weighted by Gasteiger charge is 2.46. The van der Waals surface area contributed by atoms with Crippen molar-refractivity contribution in [2.75, 3.05) is 0 Å². The van der Waals surface area contributed by atoms with Crippen LogP contribution in [-0.4, -0.2) is 11.9 Å². The van der Waals surface area contributed by atoms with Crippen molar-refractivity contribution in [1.29, 1.82) is 0 Å². The average molecular weight is 344 g/mol. The van der Waals surface area contributed by atoms with Crippen LogP contribution in [0.3, 0.4) is 0 Å². The fourth-order valence-electron chi connectivity index (χ4n) is 3.06. The summed E-state index contributed by atoms with van der Waals surface area (Å²) in [4.78, 5) is 13.0. The van der Waals surface area contributed by atoms with Crippen molar-refractivity contribution in [3.05, 3.63) is 101 Å². The highest BCUT2D eigenvalue weighted by molar-refractivity contribution is 6.03. The van der Waals surface area contributed by atoms with Gasteiger partial charge in [-0.25, -0.2) is 0 Å². The van der Waals surface area contributed by atoms with Crippen LogP contribution in [0.2, 0.25) is 0 Å².